The first-order valence-corrected chi connectivity index (χ1v) is 9.71. The van der Waals surface area contributed by atoms with Crippen LogP contribution in [0.15, 0.2) is 11.3 Å². The van der Waals surface area contributed by atoms with E-state index in [1.165, 1.54) is 25.7 Å². The smallest absolute Gasteiger partial charge is 0.332 e. The summed E-state index contributed by atoms with van der Waals surface area (Å²) in [6, 6.07) is 0. The minimum atomic E-state index is -1.03. The molecule has 146 valence electrons. The normalized spacial score (nSPS) is 25.1. The Morgan fingerprint density at radius 2 is 2.00 bits per heavy atom. The lowest BCUT2D eigenvalue weighted by molar-refractivity contribution is -0.144. The predicted octanol–water partition coefficient (Wildman–Crippen LogP) is 2.36. The summed E-state index contributed by atoms with van der Waals surface area (Å²) >= 11 is 0. The zero-order chi connectivity index (χ0) is 18.9. The number of fused-ring (bicyclic) bond motifs is 1. The maximum Gasteiger partial charge on any atom is 0.332 e. The summed E-state index contributed by atoms with van der Waals surface area (Å²) < 4.78 is 0. The molecule has 0 spiro atoms. The molecular weight excluding hydrogens is 334 g/mol. The van der Waals surface area contributed by atoms with Crippen LogP contribution in [0.25, 0.3) is 0 Å². The van der Waals surface area contributed by atoms with Crippen molar-refractivity contribution < 1.29 is 25.0 Å². The van der Waals surface area contributed by atoms with Gasteiger partial charge < -0.3 is 15.3 Å². The van der Waals surface area contributed by atoms with Crippen LogP contribution in [0.1, 0.15) is 64.7 Å². The summed E-state index contributed by atoms with van der Waals surface area (Å²) in [5, 5.41) is 28.9. The molecule has 0 saturated heterocycles. The number of hydroxylamine groups is 1. The highest BCUT2D eigenvalue weighted by atomic mass is 16.7. The van der Waals surface area contributed by atoms with Gasteiger partial charge in [-0.25, -0.2) is 4.79 Å². The molecule has 4 unspecified atom stereocenters. The molecule has 0 radical (unpaired) electrons. The summed E-state index contributed by atoms with van der Waals surface area (Å²) in [7, 11) is 0. The third-order valence-electron chi connectivity index (χ3n) is 5.18. The van der Waals surface area contributed by atoms with Crippen molar-refractivity contribution in [1.82, 2.24) is 5.48 Å². The van der Waals surface area contributed by atoms with Gasteiger partial charge in [0.05, 0.1) is 12.0 Å². The van der Waals surface area contributed by atoms with E-state index in [9.17, 15) is 15.0 Å². The van der Waals surface area contributed by atoms with Crippen molar-refractivity contribution in [2.75, 3.05) is 6.61 Å². The van der Waals surface area contributed by atoms with Crippen LogP contribution in [0.5, 0.6) is 0 Å². The number of hydrogen-bond donors (Lipinski definition) is 4. The molecule has 4 atom stereocenters. The maximum atomic E-state index is 10.4. The van der Waals surface area contributed by atoms with Gasteiger partial charge in [0, 0.05) is 11.6 Å². The molecule has 0 aliphatic heterocycles. The van der Waals surface area contributed by atoms with E-state index in [0.717, 1.165) is 24.1 Å². The zero-order valence-corrected chi connectivity index (χ0v) is 15.5. The lowest BCUT2D eigenvalue weighted by Gasteiger charge is -2.30. The summed E-state index contributed by atoms with van der Waals surface area (Å²) in [6.45, 7) is 1.79. The van der Waals surface area contributed by atoms with Gasteiger partial charge in [-0.2, -0.15) is 0 Å². The fourth-order valence-electron chi connectivity index (χ4n) is 3.63. The van der Waals surface area contributed by atoms with Gasteiger partial charge in [0.15, 0.2) is 6.61 Å². The molecule has 2 aliphatic rings. The molecule has 6 nitrogen and oxygen atoms in total. The van der Waals surface area contributed by atoms with Crippen LogP contribution in [0.4, 0.5) is 0 Å². The number of nitrogens with one attached hydrogen (secondary N) is 1. The maximum absolute atomic E-state index is 10.4. The van der Waals surface area contributed by atoms with E-state index in [2.05, 4.69) is 24.2 Å². The van der Waals surface area contributed by atoms with Crippen LogP contribution in [-0.2, 0) is 9.63 Å². The lowest BCUT2D eigenvalue weighted by Crippen LogP contribution is -2.32. The Hall–Kier alpha value is -1.55. The standard InChI is InChI=1S/C20H31NO5/c1-2-3-4-5-6-7-8-15(22)10-9-14-11-16-17(20(14)25)12-18(16)21-26-13-19(23)24/h14-15,17,20-22,25H,2-8,11-13H2,1H3,(H,23,24). The Morgan fingerprint density at radius 3 is 2.73 bits per heavy atom. The minimum Gasteiger partial charge on any atom is -0.479 e. The number of hydrogen-bond acceptors (Lipinski definition) is 5. The number of allylic oxidation sites excluding steroid dienone is 1. The number of rotatable bonds is 11. The molecule has 4 N–H and O–H groups in total. The average molecular weight is 365 g/mol. The molecule has 0 aromatic rings. The van der Waals surface area contributed by atoms with Crippen molar-refractivity contribution in [3.63, 3.8) is 0 Å². The van der Waals surface area contributed by atoms with Gasteiger partial charge >= 0.3 is 5.97 Å². The van der Waals surface area contributed by atoms with E-state index in [1.807, 2.05) is 0 Å². The largest absolute Gasteiger partial charge is 0.479 e. The van der Waals surface area contributed by atoms with E-state index >= 15 is 0 Å². The number of aliphatic carboxylic acids is 1. The van der Waals surface area contributed by atoms with E-state index in [0.29, 0.717) is 19.3 Å². The van der Waals surface area contributed by atoms with E-state index in [1.54, 1.807) is 0 Å². The highest BCUT2D eigenvalue weighted by molar-refractivity contribution is 5.67. The summed E-state index contributed by atoms with van der Waals surface area (Å²) in [5.74, 6) is 4.80. The minimum absolute atomic E-state index is 0.0703. The van der Waals surface area contributed by atoms with Crippen molar-refractivity contribution in [1.29, 1.82) is 0 Å². The summed E-state index contributed by atoms with van der Waals surface area (Å²) in [6.07, 6.45) is 7.91. The fraction of sp³-hybridized carbons (Fsp3) is 0.750. The van der Waals surface area contributed by atoms with Crippen LogP contribution in [0, 0.1) is 23.7 Å². The van der Waals surface area contributed by atoms with Crippen molar-refractivity contribution in [3.8, 4) is 11.8 Å². The number of aliphatic hydroxyl groups excluding tert-OH is 2. The quantitative estimate of drug-likeness (QED) is 0.255. The van der Waals surface area contributed by atoms with E-state index < -0.39 is 24.8 Å². The van der Waals surface area contributed by atoms with Gasteiger partial charge in [-0.1, -0.05) is 50.9 Å². The number of aliphatic hydroxyl groups is 2. The Bertz CT molecular complexity index is 562. The fourth-order valence-corrected chi connectivity index (χ4v) is 3.63. The van der Waals surface area contributed by atoms with Crippen LogP contribution < -0.4 is 5.48 Å². The Morgan fingerprint density at radius 1 is 1.27 bits per heavy atom. The molecule has 0 amide bonds. The monoisotopic (exact) mass is 365 g/mol. The topological polar surface area (TPSA) is 99.0 Å². The van der Waals surface area contributed by atoms with E-state index in [-0.39, 0.29) is 11.8 Å². The molecular formula is C20H31NO5. The van der Waals surface area contributed by atoms with Crippen molar-refractivity contribution in [3.05, 3.63) is 11.3 Å². The third kappa shape index (κ3) is 6.01. The number of carbonyl (C=O) groups is 1. The first kappa shape index (κ1) is 20.8. The second-order valence-corrected chi connectivity index (χ2v) is 7.26. The first-order valence-electron chi connectivity index (χ1n) is 9.71. The van der Waals surface area contributed by atoms with Crippen LogP contribution in [-0.4, -0.2) is 40.1 Å². The van der Waals surface area contributed by atoms with Gasteiger partial charge in [-0.15, -0.1) is 0 Å². The van der Waals surface area contributed by atoms with Crippen molar-refractivity contribution >= 4 is 5.97 Å². The molecule has 1 fully saturated rings. The first-order chi connectivity index (χ1) is 12.5. The van der Waals surface area contributed by atoms with Crippen molar-refractivity contribution in [2.45, 2.75) is 76.9 Å². The molecule has 0 heterocycles. The van der Waals surface area contributed by atoms with Gasteiger partial charge in [0.25, 0.3) is 0 Å². The average Bonchev–Trinajstić information content (AvgIpc) is 2.83. The number of unbranched alkanes of at least 4 members (excludes halogenated alkanes) is 5. The number of carboxylic acids is 1. The lowest BCUT2D eigenvalue weighted by atomic mass is 9.83. The number of carboxylic acid groups (broad SMARTS) is 1. The van der Waals surface area contributed by atoms with Crippen molar-refractivity contribution in [2.24, 2.45) is 11.8 Å². The van der Waals surface area contributed by atoms with E-state index in [4.69, 9.17) is 9.94 Å². The van der Waals surface area contributed by atoms with Crippen LogP contribution >= 0.6 is 0 Å². The zero-order valence-electron chi connectivity index (χ0n) is 15.5. The predicted molar refractivity (Wildman–Crippen MR) is 97.7 cm³/mol. The summed E-state index contributed by atoms with van der Waals surface area (Å²) in [4.78, 5) is 15.3. The van der Waals surface area contributed by atoms with Crippen LogP contribution in [0.2, 0.25) is 0 Å². The SMILES string of the molecule is CCCCCCCCC(O)C#CC1CC2=C(NOCC(=O)O)CC2C1O. The molecule has 0 aromatic carbocycles. The molecule has 2 rings (SSSR count). The Kier molecular flexibility index (Phi) is 8.43. The van der Waals surface area contributed by atoms with Crippen LogP contribution in [0.3, 0.4) is 0 Å². The Labute approximate surface area is 155 Å². The molecule has 26 heavy (non-hydrogen) atoms. The second-order valence-electron chi connectivity index (χ2n) is 7.26. The van der Waals surface area contributed by atoms with Gasteiger partial charge in [0.1, 0.15) is 6.10 Å². The third-order valence-corrected chi connectivity index (χ3v) is 5.18. The highest BCUT2D eigenvalue weighted by Crippen LogP contribution is 2.48. The molecule has 0 bridgehead atoms. The highest BCUT2D eigenvalue weighted by Gasteiger charge is 2.45. The van der Waals surface area contributed by atoms with Gasteiger partial charge in [-0.05, 0) is 31.3 Å². The molecule has 6 heteroatoms. The Balaban J connectivity index is 1.71. The molecule has 1 saturated carbocycles. The molecule has 0 aromatic heterocycles. The second kappa shape index (κ2) is 10.6. The van der Waals surface area contributed by atoms with Gasteiger partial charge in [0.2, 0.25) is 0 Å². The molecule has 2 aliphatic carbocycles. The summed E-state index contributed by atoms with van der Waals surface area (Å²) in [5.41, 5.74) is 4.58. The van der Waals surface area contributed by atoms with Gasteiger partial charge in [-0.3, -0.25) is 10.3 Å².